The molecule has 0 aliphatic carbocycles. The Bertz CT molecular complexity index is 357. The second kappa shape index (κ2) is 4.24. The van der Waals surface area contributed by atoms with Crippen LogP contribution in [0.15, 0.2) is 16.6 Å². The summed E-state index contributed by atoms with van der Waals surface area (Å²) >= 11 is 3.01. The third-order valence-electron chi connectivity index (χ3n) is 1.29. The maximum Gasteiger partial charge on any atom is 0.162 e. The Morgan fingerprint density at radius 2 is 2.00 bits per heavy atom. The number of hydrogen-bond donors (Lipinski definition) is 0. The van der Waals surface area contributed by atoms with E-state index in [2.05, 4.69) is 21.9 Å². The number of halogens is 3. The molecule has 0 aromatic heterocycles. The molecule has 0 aliphatic heterocycles. The van der Waals surface area contributed by atoms with E-state index in [4.69, 9.17) is 11.2 Å². The highest BCUT2D eigenvalue weighted by atomic mass is 79.9. The van der Waals surface area contributed by atoms with Crippen LogP contribution in [-0.4, -0.2) is 6.61 Å². The Kier molecular flexibility index (Phi) is 3.26. The summed E-state index contributed by atoms with van der Waals surface area (Å²) in [5.74, 6) is 0.516. The zero-order chi connectivity index (χ0) is 9.84. The lowest BCUT2D eigenvalue weighted by Crippen LogP contribution is -1.96. The van der Waals surface area contributed by atoms with E-state index >= 15 is 0 Å². The number of benzene rings is 1. The molecule has 0 atom stereocenters. The summed E-state index contributed by atoms with van der Waals surface area (Å²) in [7, 11) is 0. The molecule has 13 heavy (non-hydrogen) atoms. The van der Waals surface area contributed by atoms with E-state index in [0.29, 0.717) is 4.47 Å². The lowest BCUT2D eigenvalue weighted by atomic mass is 10.3. The molecule has 0 aliphatic rings. The van der Waals surface area contributed by atoms with Crippen LogP contribution < -0.4 is 4.74 Å². The van der Waals surface area contributed by atoms with E-state index in [1.165, 1.54) is 0 Å². The predicted octanol–water partition coefficient (Wildman–Crippen LogP) is 2.74. The van der Waals surface area contributed by atoms with Gasteiger partial charge < -0.3 is 4.74 Å². The van der Waals surface area contributed by atoms with Crippen molar-refractivity contribution in [3.63, 3.8) is 0 Å². The fourth-order valence-corrected chi connectivity index (χ4v) is 1.16. The van der Waals surface area contributed by atoms with Crippen molar-refractivity contribution in [1.82, 2.24) is 0 Å². The molecule has 1 aromatic rings. The van der Waals surface area contributed by atoms with Gasteiger partial charge in [-0.2, -0.15) is 0 Å². The van der Waals surface area contributed by atoms with Gasteiger partial charge in [0.15, 0.2) is 11.6 Å². The summed E-state index contributed by atoms with van der Waals surface area (Å²) in [5, 5.41) is 0. The molecule has 0 saturated carbocycles. The van der Waals surface area contributed by atoms with Gasteiger partial charge in [0.2, 0.25) is 0 Å². The van der Waals surface area contributed by atoms with Gasteiger partial charge >= 0.3 is 0 Å². The van der Waals surface area contributed by atoms with Crippen molar-refractivity contribution < 1.29 is 13.5 Å². The summed E-state index contributed by atoms with van der Waals surface area (Å²) in [5.41, 5.74) is 0. The van der Waals surface area contributed by atoms with E-state index in [9.17, 15) is 8.78 Å². The fraction of sp³-hybridized carbons (Fsp3) is 0.111. The van der Waals surface area contributed by atoms with Gasteiger partial charge in [-0.3, -0.25) is 0 Å². The normalized spacial score (nSPS) is 9.38. The van der Waals surface area contributed by atoms with Crippen LogP contribution in [0.3, 0.4) is 0 Å². The predicted molar refractivity (Wildman–Crippen MR) is 48.4 cm³/mol. The van der Waals surface area contributed by atoms with Crippen LogP contribution in [-0.2, 0) is 0 Å². The summed E-state index contributed by atoms with van der Waals surface area (Å²) in [6.45, 7) is 0.0175. The van der Waals surface area contributed by atoms with Gasteiger partial charge in [-0.05, 0) is 22.0 Å². The van der Waals surface area contributed by atoms with E-state index < -0.39 is 11.6 Å². The van der Waals surface area contributed by atoms with Gasteiger partial charge in [0.05, 0.1) is 4.47 Å². The number of hydrogen-bond acceptors (Lipinski definition) is 1. The SMILES string of the molecule is C#CCOc1cc(F)c(F)cc1Br. The molecule has 1 rings (SSSR count). The molecule has 68 valence electrons. The van der Waals surface area contributed by atoms with Crippen molar-refractivity contribution in [3.05, 3.63) is 28.2 Å². The van der Waals surface area contributed by atoms with Crippen molar-refractivity contribution in [2.45, 2.75) is 0 Å². The fourth-order valence-electron chi connectivity index (χ4n) is 0.734. The average molecular weight is 247 g/mol. The summed E-state index contributed by atoms with van der Waals surface area (Å²) < 4.78 is 30.5. The third-order valence-corrected chi connectivity index (χ3v) is 1.91. The van der Waals surface area contributed by atoms with Crippen molar-refractivity contribution in [3.8, 4) is 18.1 Å². The van der Waals surface area contributed by atoms with Gasteiger partial charge in [0.1, 0.15) is 12.4 Å². The highest BCUT2D eigenvalue weighted by Crippen LogP contribution is 2.27. The zero-order valence-electron chi connectivity index (χ0n) is 6.48. The van der Waals surface area contributed by atoms with Crippen molar-refractivity contribution in [1.29, 1.82) is 0 Å². The molecule has 1 nitrogen and oxygen atoms in total. The van der Waals surface area contributed by atoms with Gasteiger partial charge in [-0.15, -0.1) is 6.42 Å². The molecule has 0 unspecified atom stereocenters. The van der Waals surface area contributed by atoms with Crippen molar-refractivity contribution in [2.24, 2.45) is 0 Å². The largest absolute Gasteiger partial charge is 0.480 e. The first-order chi connectivity index (χ1) is 6.15. The number of rotatable bonds is 2. The molecule has 0 bridgehead atoms. The Morgan fingerprint density at radius 1 is 1.38 bits per heavy atom. The van der Waals surface area contributed by atoms with Crippen molar-refractivity contribution >= 4 is 15.9 Å². The van der Waals surface area contributed by atoms with E-state index in [-0.39, 0.29) is 12.4 Å². The van der Waals surface area contributed by atoms with Gasteiger partial charge in [0, 0.05) is 6.07 Å². The molecule has 0 fully saturated rings. The Hall–Kier alpha value is -1.08. The minimum absolute atomic E-state index is 0.0175. The molecule has 0 heterocycles. The molecule has 4 heteroatoms. The van der Waals surface area contributed by atoms with E-state index in [1.807, 2.05) is 0 Å². The van der Waals surface area contributed by atoms with Crippen LogP contribution in [0, 0.1) is 24.0 Å². The molecule has 0 radical (unpaired) electrons. The van der Waals surface area contributed by atoms with Gasteiger partial charge in [-0.25, -0.2) is 8.78 Å². The van der Waals surface area contributed by atoms with Crippen LogP contribution in [0.2, 0.25) is 0 Å². The minimum atomic E-state index is -0.963. The molecule has 0 amide bonds. The molecule has 0 N–H and O–H groups in total. The lowest BCUT2D eigenvalue weighted by Gasteiger charge is -2.04. The molecular weight excluding hydrogens is 242 g/mol. The van der Waals surface area contributed by atoms with E-state index in [0.717, 1.165) is 12.1 Å². The highest BCUT2D eigenvalue weighted by Gasteiger charge is 2.08. The smallest absolute Gasteiger partial charge is 0.162 e. The van der Waals surface area contributed by atoms with Crippen LogP contribution in [0.1, 0.15) is 0 Å². The lowest BCUT2D eigenvalue weighted by molar-refractivity contribution is 0.362. The summed E-state index contributed by atoms with van der Waals surface area (Å²) in [6.07, 6.45) is 4.94. The molecule has 1 aromatic carbocycles. The van der Waals surface area contributed by atoms with Crippen molar-refractivity contribution in [2.75, 3.05) is 6.61 Å². The van der Waals surface area contributed by atoms with Gasteiger partial charge in [-0.1, -0.05) is 5.92 Å². The first kappa shape index (κ1) is 10.0. The molecule has 0 spiro atoms. The molecular formula is C9H5BrF2O. The maximum absolute atomic E-state index is 12.7. The van der Waals surface area contributed by atoms with Crippen LogP contribution >= 0.6 is 15.9 Å². The zero-order valence-corrected chi connectivity index (χ0v) is 8.07. The highest BCUT2D eigenvalue weighted by molar-refractivity contribution is 9.10. The summed E-state index contributed by atoms with van der Waals surface area (Å²) in [6, 6.07) is 1.93. The van der Waals surface area contributed by atoms with Gasteiger partial charge in [0.25, 0.3) is 0 Å². The average Bonchev–Trinajstić information content (AvgIpc) is 2.09. The minimum Gasteiger partial charge on any atom is -0.480 e. The number of terminal acetylenes is 1. The van der Waals surface area contributed by atoms with E-state index in [1.54, 1.807) is 0 Å². The first-order valence-electron chi connectivity index (χ1n) is 3.36. The molecule has 0 saturated heterocycles. The Labute approximate surface area is 82.8 Å². The van der Waals surface area contributed by atoms with Crippen LogP contribution in [0.5, 0.6) is 5.75 Å². The second-order valence-corrected chi connectivity index (χ2v) is 3.04. The summed E-state index contributed by atoms with van der Waals surface area (Å²) in [4.78, 5) is 0. The number of ether oxygens (including phenoxy) is 1. The quantitative estimate of drug-likeness (QED) is 0.576. The first-order valence-corrected chi connectivity index (χ1v) is 4.15. The maximum atomic E-state index is 12.7. The third kappa shape index (κ3) is 2.43. The monoisotopic (exact) mass is 246 g/mol. The van der Waals surface area contributed by atoms with Crippen LogP contribution in [0.4, 0.5) is 8.78 Å². The Balaban J connectivity index is 2.96. The second-order valence-electron chi connectivity index (χ2n) is 2.19. The van der Waals surface area contributed by atoms with Crippen LogP contribution in [0.25, 0.3) is 0 Å². The topological polar surface area (TPSA) is 9.23 Å². The standard InChI is InChI=1S/C9H5BrF2O/c1-2-3-13-9-5-8(12)7(11)4-6(9)10/h1,4-5H,3H2. The Morgan fingerprint density at radius 3 is 2.62 bits per heavy atom.